The van der Waals surface area contributed by atoms with Crippen molar-refractivity contribution in [2.45, 2.75) is 18.9 Å². The molecule has 1 N–H and O–H groups in total. The first-order valence-corrected chi connectivity index (χ1v) is 8.52. The van der Waals surface area contributed by atoms with Crippen molar-refractivity contribution in [3.8, 4) is 0 Å². The van der Waals surface area contributed by atoms with Gasteiger partial charge in [-0.2, -0.15) is 0 Å². The molecule has 0 radical (unpaired) electrons. The van der Waals surface area contributed by atoms with Crippen molar-refractivity contribution >= 4 is 17.3 Å². The quantitative estimate of drug-likeness (QED) is 0.934. The van der Waals surface area contributed by atoms with Crippen molar-refractivity contribution in [3.63, 3.8) is 0 Å². The van der Waals surface area contributed by atoms with Gasteiger partial charge in [-0.3, -0.25) is 4.79 Å². The highest BCUT2D eigenvalue weighted by atomic mass is 16.2. The van der Waals surface area contributed by atoms with Crippen LogP contribution in [0.1, 0.15) is 23.2 Å². The Bertz CT molecular complexity index is 676. The van der Waals surface area contributed by atoms with Crippen LogP contribution in [0.3, 0.4) is 0 Å². The van der Waals surface area contributed by atoms with Crippen molar-refractivity contribution in [2.75, 3.05) is 32.5 Å². The van der Waals surface area contributed by atoms with Crippen LogP contribution in [0.4, 0.5) is 11.4 Å². The summed E-state index contributed by atoms with van der Waals surface area (Å²) in [4.78, 5) is 17.2. The van der Waals surface area contributed by atoms with Crippen LogP contribution in [0.15, 0.2) is 54.6 Å². The Labute approximate surface area is 144 Å². The number of nitrogens with zero attached hydrogens (tertiary/aromatic N) is 2. The molecule has 0 aromatic heterocycles. The maximum absolute atomic E-state index is 13.0. The lowest BCUT2D eigenvalue weighted by molar-refractivity contribution is 0.0664. The van der Waals surface area contributed by atoms with Crippen molar-refractivity contribution < 1.29 is 4.79 Å². The molecule has 1 heterocycles. The monoisotopic (exact) mass is 323 g/mol. The van der Waals surface area contributed by atoms with Gasteiger partial charge in [0.2, 0.25) is 0 Å². The number of likely N-dealkylation sites (tertiary alicyclic amines) is 1. The third-order valence-electron chi connectivity index (χ3n) is 4.69. The topological polar surface area (TPSA) is 35.6 Å². The summed E-state index contributed by atoms with van der Waals surface area (Å²) in [6.07, 6.45) is 2.07. The van der Waals surface area contributed by atoms with E-state index in [0.29, 0.717) is 6.04 Å². The Morgan fingerprint density at radius 1 is 1.00 bits per heavy atom. The van der Waals surface area contributed by atoms with E-state index in [2.05, 4.69) is 24.3 Å². The molecule has 0 atom stereocenters. The number of nitrogens with one attached hydrogen (secondary N) is 1. The van der Waals surface area contributed by atoms with E-state index in [1.165, 1.54) is 0 Å². The van der Waals surface area contributed by atoms with E-state index in [0.717, 1.165) is 42.9 Å². The third kappa shape index (κ3) is 3.77. The highest BCUT2D eigenvalue weighted by Gasteiger charge is 2.25. The second kappa shape index (κ2) is 7.49. The van der Waals surface area contributed by atoms with Gasteiger partial charge in [0.25, 0.3) is 5.91 Å². The molecule has 1 fully saturated rings. The standard InChI is InChI=1S/C20H25N3O/c1-22(2)17-12-14-23(15-13-17)20(24)18-10-6-7-11-19(18)21-16-8-4-3-5-9-16/h3-11,17,21H,12-15H2,1-2H3. The van der Waals surface area contributed by atoms with Crippen molar-refractivity contribution in [1.29, 1.82) is 0 Å². The highest BCUT2D eigenvalue weighted by Crippen LogP contribution is 2.24. The second-order valence-electron chi connectivity index (χ2n) is 6.52. The number of hydrogen-bond acceptors (Lipinski definition) is 3. The molecule has 0 unspecified atom stereocenters. The number of carbonyl (C=O) groups is 1. The lowest BCUT2D eigenvalue weighted by atomic mass is 10.0. The Balaban J connectivity index is 1.74. The molecule has 3 rings (SSSR count). The number of rotatable bonds is 4. The van der Waals surface area contributed by atoms with Crippen molar-refractivity contribution in [2.24, 2.45) is 0 Å². The molecule has 2 aromatic carbocycles. The summed E-state index contributed by atoms with van der Waals surface area (Å²) in [6, 6.07) is 18.3. The number of anilines is 2. The van der Waals surface area contributed by atoms with Crippen LogP contribution < -0.4 is 5.32 Å². The van der Waals surface area contributed by atoms with Crippen LogP contribution in [0, 0.1) is 0 Å². The summed E-state index contributed by atoms with van der Waals surface area (Å²) in [5, 5.41) is 3.36. The number of amides is 1. The van der Waals surface area contributed by atoms with Gasteiger partial charge in [0.1, 0.15) is 0 Å². The van der Waals surface area contributed by atoms with E-state index in [4.69, 9.17) is 0 Å². The average molecular weight is 323 g/mol. The van der Waals surface area contributed by atoms with Gasteiger partial charge in [0, 0.05) is 24.8 Å². The fraction of sp³-hybridized carbons (Fsp3) is 0.350. The van der Waals surface area contributed by atoms with E-state index in [-0.39, 0.29) is 5.91 Å². The SMILES string of the molecule is CN(C)C1CCN(C(=O)c2ccccc2Nc2ccccc2)CC1. The highest BCUT2D eigenvalue weighted by molar-refractivity contribution is 6.00. The molecule has 0 spiro atoms. The predicted octanol–water partition coefficient (Wildman–Crippen LogP) is 3.60. The van der Waals surface area contributed by atoms with Gasteiger partial charge in [-0.1, -0.05) is 30.3 Å². The minimum Gasteiger partial charge on any atom is -0.355 e. The molecule has 2 aromatic rings. The number of para-hydroxylation sites is 2. The summed E-state index contributed by atoms with van der Waals surface area (Å²) in [5.41, 5.74) is 2.59. The molecular weight excluding hydrogens is 298 g/mol. The molecule has 24 heavy (non-hydrogen) atoms. The van der Waals surface area contributed by atoms with Gasteiger partial charge in [0.15, 0.2) is 0 Å². The predicted molar refractivity (Wildman–Crippen MR) is 98.8 cm³/mol. The second-order valence-corrected chi connectivity index (χ2v) is 6.52. The Kier molecular flexibility index (Phi) is 5.16. The van der Waals surface area contributed by atoms with Crippen molar-refractivity contribution in [1.82, 2.24) is 9.80 Å². The van der Waals surface area contributed by atoms with Crippen LogP contribution in [0.2, 0.25) is 0 Å². The fourth-order valence-electron chi connectivity index (χ4n) is 3.21. The summed E-state index contributed by atoms with van der Waals surface area (Å²) >= 11 is 0. The summed E-state index contributed by atoms with van der Waals surface area (Å²) < 4.78 is 0. The maximum atomic E-state index is 13.0. The number of hydrogen-bond donors (Lipinski definition) is 1. The minimum absolute atomic E-state index is 0.117. The van der Waals surface area contributed by atoms with E-state index >= 15 is 0 Å². The molecule has 4 heteroatoms. The van der Waals surface area contributed by atoms with Gasteiger partial charge >= 0.3 is 0 Å². The molecular formula is C20H25N3O. The van der Waals surface area contributed by atoms with Gasteiger partial charge < -0.3 is 15.1 Å². The van der Waals surface area contributed by atoms with Gasteiger partial charge in [-0.15, -0.1) is 0 Å². The van der Waals surface area contributed by atoms with Gasteiger partial charge in [-0.25, -0.2) is 0 Å². The molecule has 126 valence electrons. The van der Waals surface area contributed by atoms with E-state index in [1.807, 2.05) is 59.5 Å². The largest absolute Gasteiger partial charge is 0.355 e. The fourth-order valence-corrected chi connectivity index (χ4v) is 3.21. The average Bonchev–Trinajstić information content (AvgIpc) is 2.62. The van der Waals surface area contributed by atoms with E-state index in [9.17, 15) is 4.79 Å². The molecule has 1 aliphatic heterocycles. The Hall–Kier alpha value is -2.33. The van der Waals surface area contributed by atoms with Crippen molar-refractivity contribution in [3.05, 3.63) is 60.2 Å². The lowest BCUT2D eigenvalue weighted by Crippen LogP contribution is -2.44. The van der Waals surface area contributed by atoms with Gasteiger partial charge in [0.05, 0.1) is 11.3 Å². The lowest BCUT2D eigenvalue weighted by Gasteiger charge is -2.35. The molecule has 4 nitrogen and oxygen atoms in total. The Morgan fingerprint density at radius 2 is 1.62 bits per heavy atom. The molecule has 0 bridgehead atoms. The summed E-state index contributed by atoms with van der Waals surface area (Å²) in [6.45, 7) is 1.64. The number of benzene rings is 2. The van der Waals surface area contributed by atoms with Crippen LogP contribution in [0.25, 0.3) is 0 Å². The first-order valence-electron chi connectivity index (χ1n) is 8.52. The van der Waals surface area contributed by atoms with Crippen LogP contribution in [-0.4, -0.2) is 48.9 Å². The molecule has 0 aliphatic carbocycles. The smallest absolute Gasteiger partial charge is 0.255 e. The molecule has 0 saturated carbocycles. The summed E-state index contributed by atoms with van der Waals surface area (Å²) in [7, 11) is 4.22. The molecule has 1 saturated heterocycles. The zero-order chi connectivity index (χ0) is 16.9. The minimum atomic E-state index is 0.117. The first kappa shape index (κ1) is 16.5. The van der Waals surface area contributed by atoms with Crippen LogP contribution in [0.5, 0.6) is 0 Å². The van der Waals surface area contributed by atoms with E-state index in [1.54, 1.807) is 0 Å². The normalized spacial score (nSPS) is 15.5. The number of carbonyl (C=O) groups excluding carboxylic acids is 1. The Morgan fingerprint density at radius 3 is 2.29 bits per heavy atom. The van der Waals surface area contributed by atoms with Crippen LogP contribution in [-0.2, 0) is 0 Å². The molecule has 1 aliphatic rings. The van der Waals surface area contributed by atoms with Gasteiger partial charge in [-0.05, 0) is 51.2 Å². The third-order valence-corrected chi connectivity index (χ3v) is 4.69. The molecule has 1 amide bonds. The number of piperidine rings is 1. The van der Waals surface area contributed by atoms with Crippen LogP contribution >= 0.6 is 0 Å². The maximum Gasteiger partial charge on any atom is 0.255 e. The zero-order valence-electron chi connectivity index (χ0n) is 14.4. The van der Waals surface area contributed by atoms with E-state index < -0.39 is 0 Å². The zero-order valence-corrected chi connectivity index (χ0v) is 14.4. The summed E-state index contributed by atoms with van der Waals surface area (Å²) in [5.74, 6) is 0.117. The first-order chi connectivity index (χ1) is 11.6.